The van der Waals surface area contributed by atoms with Crippen molar-refractivity contribution in [1.82, 2.24) is 19.4 Å². The molecule has 0 radical (unpaired) electrons. The van der Waals surface area contributed by atoms with Crippen LogP contribution in [0.5, 0.6) is 0 Å². The third-order valence-electron chi connectivity index (χ3n) is 4.87. The molecule has 0 saturated heterocycles. The number of hydrogen-bond donors (Lipinski definition) is 0. The number of fused-ring (bicyclic) bond motifs is 1. The number of carbonyl (C=O) groups excluding carboxylic acids is 1. The van der Waals surface area contributed by atoms with Crippen molar-refractivity contribution in [3.8, 4) is 0 Å². The summed E-state index contributed by atoms with van der Waals surface area (Å²) in [4.78, 5) is 22.6. The van der Waals surface area contributed by atoms with Crippen LogP contribution >= 0.6 is 0 Å². The van der Waals surface area contributed by atoms with Crippen LogP contribution in [0.2, 0.25) is 0 Å². The zero-order valence-corrected chi connectivity index (χ0v) is 15.2. The number of carbonyl (C=O) groups is 1. The minimum atomic E-state index is -4.47. The fourth-order valence-electron chi connectivity index (χ4n) is 3.56. The van der Waals surface area contributed by atoms with Gasteiger partial charge in [0.1, 0.15) is 0 Å². The molecule has 0 aromatic carbocycles. The number of pyridine rings is 1. The van der Waals surface area contributed by atoms with Gasteiger partial charge in [-0.2, -0.15) is 13.2 Å². The zero-order chi connectivity index (χ0) is 19.4. The predicted octanol–water partition coefficient (Wildman–Crippen LogP) is 3.34. The molecule has 5 nitrogen and oxygen atoms in total. The summed E-state index contributed by atoms with van der Waals surface area (Å²) in [6, 6.07) is 5.68. The summed E-state index contributed by atoms with van der Waals surface area (Å²) in [5.74, 6) is -1.16. The molecule has 27 heavy (non-hydrogen) atoms. The summed E-state index contributed by atoms with van der Waals surface area (Å²) in [5, 5.41) is 0. The molecule has 0 N–H and O–H groups in total. The number of imidazole rings is 1. The molecular weight excluding hydrogens is 357 g/mol. The lowest BCUT2D eigenvalue weighted by Crippen LogP contribution is -2.41. The van der Waals surface area contributed by atoms with E-state index in [2.05, 4.69) is 9.97 Å². The van der Waals surface area contributed by atoms with Crippen LogP contribution in [-0.2, 0) is 30.4 Å². The van der Waals surface area contributed by atoms with Crippen molar-refractivity contribution in [2.24, 2.45) is 5.92 Å². The molecular formula is C19H23F3N4O. The molecule has 0 spiro atoms. The largest absolute Gasteiger partial charge is 0.449 e. The molecule has 1 aliphatic rings. The third kappa shape index (κ3) is 4.48. The monoisotopic (exact) mass is 380 g/mol. The van der Waals surface area contributed by atoms with Gasteiger partial charge in [0.15, 0.2) is 0 Å². The molecule has 2 aromatic heterocycles. The van der Waals surface area contributed by atoms with E-state index in [4.69, 9.17) is 0 Å². The number of halogens is 3. The van der Waals surface area contributed by atoms with Crippen molar-refractivity contribution in [2.45, 2.75) is 45.3 Å². The molecule has 0 saturated carbocycles. The fourth-order valence-corrected chi connectivity index (χ4v) is 3.56. The Hall–Kier alpha value is -2.38. The summed E-state index contributed by atoms with van der Waals surface area (Å²) < 4.78 is 40.2. The molecule has 1 atom stereocenters. The Balaban J connectivity index is 1.67. The first-order valence-electron chi connectivity index (χ1n) is 9.20. The molecule has 0 fully saturated rings. The molecule has 8 heteroatoms. The Morgan fingerprint density at radius 1 is 1.30 bits per heavy atom. The van der Waals surface area contributed by atoms with E-state index in [0.717, 1.165) is 12.1 Å². The van der Waals surface area contributed by atoms with Gasteiger partial charge >= 0.3 is 6.18 Å². The van der Waals surface area contributed by atoms with E-state index in [1.165, 1.54) is 10.8 Å². The lowest BCUT2D eigenvalue weighted by Gasteiger charge is -2.30. The molecule has 0 bridgehead atoms. The highest BCUT2D eigenvalue weighted by Gasteiger charge is 2.39. The lowest BCUT2D eigenvalue weighted by atomic mass is 9.94. The molecule has 3 heterocycles. The Bertz CT molecular complexity index is 773. The minimum Gasteiger partial charge on any atom is -0.342 e. The number of alkyl halides is 3. The smallest absolute Gasteiger partial charge is 0.342 e. The third-order valence-corrected chi connectivity index (χ3v) is 4.87. The molecule has 0 aliphatic carbocycles. The fraction of sp³-hybridized carbons (Fsp3) is 0.526. The van der Waals surface area contributed by atoms with Crippen molar-refractivity contribution in [1.29, 1.82) is 0 Å². The van der Waals surface area contributed by atoms with Crippen LogP contribution in [-0.4, -0.2) is 38.4 Å². The van der Waals surface area contributed by atoms with Gasteiger partial charge in [-0.1, -0.05) is 13.0 Å². The van der Waals surface area contributed by atoms with Crippen LogP contribution in [0.4, 0.5) is 13.2 Å². The van der Waals surface area contributed by atoms with Gasteiger partial charge in [0.25, 0.3) is 0 Å². The average molecular weight is 380 g/mol. The highest BCUT2D eigenvalue weighted by Crippen LogP contribution is 2.32. The second kappa shape index (κ2) is 8.10. The maximum absolute atomic E-state index is 13.0. The summed E-state index contributed by atoms with van der Waals surface area (Å²) in [5.41, 5.74) is 1.40. The Labute approximate surface area is 156 Å². The summed E-state index contributed by atoms with van der Waals surface area (Å²) in [6.45, 7) is 3.37. The lowest BCUT2D eigenvalue weighted by molar-refractivity contribution is -0.147. The van der Waals surface area contributed by atoms with E-state index in [9.17, 15) is 18.0 Å². The van der Waals surface area contributed by atoms with E-state index in [1.807, 2.05) is 30.0 Å². The first-order chi connectivity index (χ1) is 12.9. The first-order valence-corrected chi connectivity index (χ1v) is 9.20. The van der Waals surface area contributed by atoms with Crippen molar-refractivity contribution in [3.63, 3.8) is 0 Å². The van der Waals surface area contributed by atoms with E-state index in [-0.39, 0.29) is 18.4 Å². The van der Waals surface area contributed by atoms with Gasteiger partial charge in [-0.05, 0) is 25.0 Å². The standard InChI is InChI=1S/C19H23F3N4O/c1-2-9-25(10-7-15-5-3-4-8-23-15)17(27)14-6-11-26-16(12-14)13-24-18(26)19(20,21)22/h3-5,8,13-14H,2,6-7,9-12H2,1H3/t14-/m0/s1. The summed E-state index contributed by atoms with van der Waals surface area (Å²) >= 11 is 0. The maximum atomic E-state index is 13.0. The minimum absolute atomic E-state index is 0.00814. The van der Waals surface area contributed by atoms with E-state index in [0.29, 0.717) is 38.0 Å². The maximum Gasteiger partial charge on any atom is 0.449 e. The second-order valence-electron chi connectivity index (χ2n) is 6.81. The Morgan fingerprint density at radius 2 is 2.11 bits per heavy atom. The van der Waals surface area contributed by atoms with E-state index >= 15 is 0 Å². The highest BCUT2D eigenvalue weighted by molar-refractivity contribution is 5.79. The van der Waals surface area contributed by atoms with Crippen LogP contribution in [0.15, 0.2) is 30.6 Å². The quantitative estimate of drug-likeness (QED) is 0.772. The van der Waals surface area contributed by atoms with Crippen LogP contribution in [0, 0.1) is 5.92 Å². The van der Waals surface area contributed by atoms with Crippen molar-refractivity contribution < 1.29 is 18.0 Å². The number of amides is 1. The predicted molar refractivity (Wildman–Crippen MR) is 93.9 cm³/mol. The summed E-state index contributed by atoms with van der Waals surface area (Å²) in [6.07, 6.45) is 0.696. The normalized spacial score (nSPS) is 16.8. The van der Waals surface area contributed by atoms with Crippen LogP contribution in [0.1, 0.15) is 37.0 Å². The zero-order valence-electron chi connectivity index (χ0n) is 15.2. The first kappa shape index (κ1) is 19.4. The molecule has 1 amide bonds. The van der Waals surface area contributed by atoms with Gasteiger partial charge in [-0.3, -0.25) is 9.78 Å². The molecule has 0 unspecified atom stereocenters. The Kier molecular flexibility index (Phi) is 5.82. The number of rotatable bonds is 6. The molecule has 146 valence electrons. The number of aromatic nitrogens is 3. The highest BCUT2D eigenvalue weighted by atomic mass is 19.4. The topological polar surface area (TPSA) is 51.0 Å². The van der Waals surface area contributed by atoms with Crippen LogP contribution in [0.25, 0.3) is 0 Å². The summed E-state index contributed by atoms with van der Waals surface area (Å²) in [7, 11) is 0. The van der Waals surface area contributed by atoms with Gasteiger partial charge in [0.2, 0.25) is 11.7 Å². The second-order valence-corrected chi connectivity index (χ2v) is 6.81. The van der Waals surface area contributed by atoms with Crippen molar-refractivity contribution >= 4 is 5.91 Å². The van der Waals surface area contributed by atoms with Gasteiger partial charge < -0.3 is 9.47 Å². The van der Waals surface area contributed by atoms with Gasteiger partial charge in [0, 0.05) is 62.2 Å². The van der Waals surface area contributed by atoms with Gasteiger partial charge in [-0.15, -0.1) is 0 Å². The van der Waals surface area contributed by atoms with Crippen molar-refractivity contribution in [3.05, 3.63) is 47.8 Å². The number of hydrogen-bond acceptors (Lipinski definition) is 3. The molecule has 1 aliphatic heterocycles. The number of nitrogens with zero attached hydrogens (tertiary/aromatic N) is 4. The Morgan fingerprint density at radius 3 is 2.78 bits per heavy atom. The van der Waals surface area contributed by atoms with Crippen LogP contribution < -0.4 is 0 Å². The van der Waals surface area contributed by atoms with Gasteiger partial charge in [0.05, 0.1) is 0 Å². The van der Waals surface area contributed by atoms with E-state index < -0.39 is 12.0 Å². The average Bonchev–Trinajstić information content (AvgIpc) is 3.09. The SMILES string of the molecule is CCCN(CCc1ccccn1)C(=O)[C@H]1CCn2c(cnc2C(F)(F)F)C1. The van der Waals surface area contributed by atoms with Crippen molar-refractivity contribution in [2.75, 3.05) is 13.1 Å². The molecule has 3 rings (SSSR count). The molecule has 2 aromatic rings. The van der Waals surface area contributed by atoms with Gasteiger partial charge in [-0.25, -0.2) is 4.98 Å². The van der Waals surface area contributed by atoms with E-state index in [1.54, 1.807) is 6.20 Å². The van der Waals surface area contributed by atoms with Crippen LogP contribution in [0.3, 0.4) is 0 Å².